The second-order valence-corrected chi connectivity index (χ2v) is 5.83. The van der Waals surface area contributed by atoms with Crippen molar-refractivity contribution in [2.75, 3.05) is 18.0 Å². The lowest BCUT2D eigenvalue weighted by Gasteiger charge is -2.28. The molecular formula is C13H13FN4O2S. The summed E-state index contributed by atoms with van der Waals surface area (Å²) >= 11 is 0.838. The van der Waals surface area contributed by atoms with Gasteiger partial charge in [-0.15, -0.1) is 0 Å². The summed E-state index contributed by atoms with van der Waals surface area (Å²) in [4.78, 5) is 33.2. The maximum Gasteiger partial charge on any atom is 0.290 e. The standard InChI is InChI=1S/C13H13FN4O2S/c14-8-2-1-5-18(7-8)12-15-4-3-9(16-12)6-10-11(19)17-13(20)21-10/h3-4,6,8H,1-2,5,7H2,(H,17,19,20). The van der Waals surface area contributed by atoms with Gasteiger partial charge in [0.15, 0.2) is 0 Å². The summed E-state index contributed by atoms with van der Waals surface area (Å²) in [5.74, 6) is 0.0217. The normalized spacial score (nSPS) is 24.5. The number of rotatable bonds is 2. The topological polar surface area (TPSA) is 75.2 Å². The Morgan fingerprint density at radius 3 is 3.05 bits per heavy atom. The number of thioether (sulfide) groups is 1. The van der Waals surface area contributed by atoms with Gasteiger partial charge in [0.2, 0.25) is 5.95 Å². The zero-order chi connectivity index (χ0) is 14.8. The van der Waals surface area contributed by atoms with Crippen LogP contribution < -0.4 is 10.2 Å². The van der Waals surface area contributed by atoms with E-state index in [0.717, 1.165) is 18.2 Å². The average Bonchev–Trinajstić information content (AvgIpc) is 2.77. The highest BCUT2D eigenvalue weighted by molar-refractivity contribution is 8.18. The molecule has 0 radical (unpaired) electrons. The fourth-order valence-electron chi connectivity index (χ4n) is 2.26. The van der Waals surface area contributed by atoms with Crippen molar-refractivity contribution >= 4 is 34.9 Å². The quantitative estimate of drug-likeness (QED) is 0.839. The minimum atomic E-state index is -0.863. The van der Waals surface area contributed by atoms with E-state index in [1.165, 1.54) is 6.08 Å². The highest BCUT2D eigenvalue weighted by Crippen LogP contribution is 2.25. The summed E-state index contributed by atoms with van der Waals surface area (Å²) in [7, 11) is 0. The second-order valence-electron chi connectivity index (χ2n) is 4.82. The molecule has 1 atom stereocenters. The summed E-state index contributed by atoms with van der Waals surface area (Å²) in [5, 5.41) is 1.79. The van der Waals surface area contributed by atoms with Gasteiger partial charge >= 0.3 is 0 Å². The van der Waals surface area contributed by atoms with Gasteiger partial charge in [-0.25, -0.2) is 14.4 Å². The second kappa shape index (κ2) is 5.80. The van der Waals surface area contributed by atoms with E-state index in [4.69, 9.17) is 0 Å². The van der Waals surface area contributed by atoms with Crippen molar-refractivity contribution in [3.05, 3.63) is 22.9 Å². The van der Waals surface area contributed by atoms with Gasteiger partial charge in [-0.3, -0.25) is 14.9 Å². The first kappa shape index (κ1) is 14.0. The number of amides is 2. The number of anilines is 1. The van der Waals surface area contributed by atoms with Gasteiger partial charge in [0, 0.05) is 12.7 Å². The summed E-state index contributed by atoms with van der Waals surface area (Å²) in [6.07, 6.45) is 3.57. The van der Waals surface area contributed by atoms with E-state index in [1.807, 2.05) is 0 Å². The smallest absolute Gasteiger partial charge is 0.290 e. The molecule has 21 heavy (non-hydrogen) atoms. The fourth-order valence-corrected chi connectivity index (χ4v) is 2.92. The van der Waals surface area contributed by atoms with E-state index in [2.05, 4.69) is 15.3 Å². The molecule has 110 valence electrons. The van der Waals surface area contributed by atoms with Crippen LogP contribution in [0.25, 0.3) is 6.08 Å². The molecule has 0 spiro atoms. The monoisotopic (exact) mass is 308 g/mol. The van der Waals surface area contributed by atoms with Crippen LogP contribution in [0.1, 0.15) is 18.5 Å². The van der Waals surface area contributed by atoms with Gasteiger partial charge in [-0.2, -0.15) is 0 Å². The predicted octanol–water partition coefficient (Wildman–Crippen LogP) is 1.74. The van der Waals surface area contributed by atoms with Crippen LogP contribution in [0.4, 0.5) is 15.1 Å². The lowest BCUT2D eigenvalue weighted by molar-refractivity contribution is -0.115. The summed E-state index contributed by atoms with van der Waals surface area (Å²) < 4.78 is 13.4. The van der Waals surface area contributed by atoms with Crippen LogP contribution in [-0.4, -0.2) is 40.4 Å². The Balaban J connectivity index is 1.82. The Hall–Kier alpha value is -1.96. The highest BCUT2D eigenvalue weighted by Gasteiger charge is 2.25. The lowest BCUT2D eigenvalue weighted by Crippen LogP contribution is -2.37. The maximum atomic E-state index is 13.4. The van der Waals surface area contributed by atoms with Gasteiger partial charge in [-0.1, -0.05) is 0 Å². The summed E-state index contributed by atoms with van der Waals surface area (Å²) in [6, 6.07) is 1.64. The Morgan fingerprint density at radius 2 is 2.33 bits per heavy atom. The van der Waals surface area contributed by atoms with Gasteiger partial charge in [0.25, 0.3) is 11.1 Å². The van der Waals surface area contributed by atoms with Crippen molar-refractivity contribution in [2.45, 2.75) is 19.0 Å². The molecule has 1 unspecified atom stereocenters. The van der Waals surface area contributed by atoms with Crippen molar-refractivity contribution in [3.8, 4) is 0 Å². The number of alkyl halides is 1. The lowest BCUT2D eigenvalue weighted by atomic mass is 10.1. The van der Waals surface area contributed by atoms with E-state index in [-0.39, 0.29) is 6.54 Å². The number of nitrogens with zero attached hydrogens (tertiary/aromatic N) is 3. The largest absolute Gasteiger partial charge is 0.338 e. The molecule has 1 N–H and O–H groups in total. The number of nitrogens with one attached hydrogen (secondary N) is 1. The molecule has 1 aromatic rings. The van der Waals surface area contributed by atoms with E-state index in [9.17, 15) is 14.0 Å². The SMILES string of the molecule is O=C1NC(=O)C(=Cc2ccnc(N3CCCC(F)C3)n2)S1. The third kappa shape index (κ3) is 3.21. The van der Waals surface area contributed by atoms with Crippen molar-refractivity contribution in [3.63, 3.8) is 0 Å². The van der Waals surface area contributed by atoms with Gasteiger partial charge < -0.3 is 4.90 Å². The van der Waals surface area contributed by atoms with Gasteiger partial charge in [0.05, 0.1) is 17.1 Å². The van der Waals surface area contributed by atoms with E-state index in [0.29, 0.717) is 29.5 Å². The Morgan fingerprint density at radius 1 is 1.48 bits per heavy atom. The number of piperidine rings is 1. The molecule has 1 aromatic heterocycles. The first-order valence-corrected chi connectivity index (χ1v) is 7.40. The number of aromatic nitrogens is 2. The van der Waals surface area contributed by atoms with Crippen LogP contribution in [0.2, 0.25) is 0 Å². The fraction of sp³-hybridized carbons (Fsp3) is 0.385. The molecule has 2 amide bonds. The molecule has 2 aliphatic rings. The van der Waals surface area contributed by atoms with Crippen LogP contribution >= 0.6 is 11.8 Å². The molecule has 0 saturated carbocycles. The molecular weight excluding hydrogens is 295 g/mol. The number of hydrogen-bond acceptors (Lipinski definition) is 6. The third-order valence-electron chi connectivity index (χ3n) is 3.23. The number of imide groups is 1. The van der Waals surface area contributed by atoms with E-state index < -0.39 is 17.3 Å². The number of hydrogen-bond donors (Lipinski definition) is 1. The summed E-state index contributed by atoms with van der Waals surface area (Å²) in [6.45, 7) is 1.00. The molecule has 2 aliphatic heterocycles. The third-order valence-corrected chi connectivity index (χ3v) is 4.04. The van der Waals surface area contributed by atoms with Crippen molar-refractivity contribution in [1.82, 2.24) is 15.3 Å². The number of halogens is 1. The molecule has 0 aromatic carbocycles. The van der Waals surface area contributed by atoms with Crippen LogP contribution in [0.5, 0.6) is 0 Å². The van der Waals surface area contributed by atoms with E-state index in [1.54, 1.807) is 17.2 Å². The molecule has 2 saturated heterocycles. The Bertz CT molecular complexity index is 622. The van der Waals surface area contributed by atoms with Gasteiger partial charge in [0.1, 0.15) is 6.17 Å². The zero-order valence-electron chi connectivity index (χ0n) is 11.1. The number of carbonyl (C=O) groups excluding carboxylic acids is 2. The first-order chi connectivity index (χ1) is 10.1. The van der Waals surface area contributed by atoms with Gasteiger partial charge in [-0.05, 0) is 36.7 Å². The Labute approximate surface area is 124 Å². The van der Waals surface area contributed by atoms with E-state index >= 15 is 0 Å². The van der Waals surface area contributed by atoms with Crippen molar-refractivity contribution < 1.29 is 14.0 Å². The minimum Gasteiger partial charge on any atom is -0.338 e. The minimum absolute atomic E-state index is 0.285. The predicted molar refractivity (Wildman–Crippen MR) is 77.5 cm³/mol. The number of carbonyl (C=O) groups is 2. The molecule has 8 heteroatoms. The first-order valence-electron chi connectivity index (χ1n) is 6.59. The average molecular weight is 308 g/mol. The van der Waals surface area contributed by atoms with Crippen LogP contribution in [0, 0.1) is 0 Å². The van der Waals surface area contributed by atoms with Crippen molar-refractivity contribution in [2.24, 2.45) is 0 Å². The molecule has 0 aliphatic carbocycles. The molecule has 3 rings (SSSR count). The van der Waals surface area contributed by atoms with Crippen LogP contribution in [0.3, 0.4) is 0 Å². The highest BCUT2D eigenvalue weighted by atomic mass is 32.2. The molecule has 6 nitrogen and oxygen atoms in total. The maximum absolute atomic E-state index is 13.4. The summed E-state index contributed by atoms with van der Waals surface area (Å²) in [5.41, 5.74) is 0.522. The molecule has 3 heterocycles. The van der Waals surface area contributed by atoms with Crippen LogP contribution in [0.15, 0.2) is 17.2 Å². The van der Waals surface area contributed by atoms with Crippen LogP contribution in [-0.2, 0) is 4.79 Å². The van der Waals surface area contributed by atoms with Crippen molar-refractivity contribution in [1.29, 1.82) is 0 Å². The molecule has 2 fully saturated rings. The molecule has 0 bridgehead atoms. The Kier molecular flexibility index (Phi) is 3.87. The zero-order valence-corrected chi connectivity index (χ0v) is 11.9.